The minimum atomic E-state index is -1.31. The van der Waals surface area contributed by atoms with E-state index in [4.69, 9.17) is 0 Å². The molecule has 0 amide bonds. The van der Waals surface area contributed by atoms with Gasteiger partial charge in [-0.3, -0.25) is 0 Å². The van der Waals surface area contributed by atoms with E-state index in [1.165, 1.54) is 12.1 Å². The van der Waals surface area contributed by atoms with Gasteiger partial charge in [-0.25, -0.2) is 17.6 Å². The molecule has 50 heavy (non-hydrogen) atoms. The van der Waals surface area contributed by atoms with Crippen LogP contribution >= 0.6 is 0 Å². The van der Waals surface area contributed by atoms with Crippen molar-refractivity contribution >= 4 is 33.4 Å². The fourth-order valence-electron chi connectivity index (χ4n) is 5.91. The van der Waals surface area contributed by atoms with Crippen LogP contribution in [0, 0.1) is 137 Å². The Balaban J connectivity index is 2.13. The third-order valence-electron chi connectivity index (χ3n) is 7.79. The lowest BCUT2D eigenvalue weighted by Gasteiger charge is -2.16. The van der Waals surface area contributed by atoms with Crippen molar-refractivity contribution in [3.05, 3.63) is 114 Å². The van der Waals surface area contributed by atoms with Crippen molar-refractivity contribution in [3.63, 3.8) is 0 Å². The van der Waals surface area contributed by atoms with Gasteiger partial charge in [0.15, 0.2) is 0 Å². The molecule has 0 saturated carbocycles. The summed E-state index contributed by atoms with van der Waals surface area (Å²) in [6, 6.07) is 17.9. The monoisotopic (exact) mass is 652 g/mol. The zero-order valence-corrected chi connectivity index (χ0v) is 24.3. The first-order chi connectivity index (χ1) is 24.1. The maximum absolute atomic E-state index is 15.6. The Kier molecular flexibility index (Phi) is 7.97. The number of benzene rings is 3. The van der Waals surface area contributed by atoms with Crippen molar-refractivity contribution in [2.45, 2.75) is 0 Å². The van der Waals surface area contributed by atoms with Crippen LogP contribution in [-0.2, 0) is 0 Å². The fraction of sp³-hybridized carbons (Fsp3) is 0. The van der Waals surface area contributed by atoms with Gasteiger partial charge in [0.05, 0.1) is 33.4 Å². The number of nitriles is 10. The lowest BCUT2D eigenvalue weighted by Crippen LogP contribution is -2.05. The second kappa shape index (κ2) is 12.2. The lowest BCUT2D eigenvalue weighted by atomic mass is 9.82. The van der Waals surface area contributed by atoms with Crippen LogP contribution in [0.2, 0.25) is 0 Å². The minimum Gasteiger partial charge on any atom is -0.206 e. The van der Waals surface area contributed by atoms with E-state index < -0.39 is 123 Å². The summed E-state index contributed by atoms with van der Waals surface area (Å²) < 4.78 is 61.0. The molecule has 0 bridgehead atoms. The zero-order valence-electron chi connectivity index (χ0n) is 24.3. The van der Waals surface area contributed by atoms with Crippen molar-refractivity contribution in [1.82, 2.24) is 0 Å². The topological polar surface area (TPSA) is 238 Å². The normalized spacial score (nSPS) is 12.0. The largest absolute Gasteiger partial charge is 0.206 e. The van der Waals surface area contributed by atoms with Crippen LogP contribution in [0.1, 0.15) is 55.6 Å². The summed E-state index contributed by atoms with van der Waals surface area (Å²) in [5.41, 5.74) is -12.3. The molecule has 0 saturated heterocycles. The van der Waals surface area contributed by atoms with E-state index in [9.17, 15) is 61.4 Å². The molecule has 0 unspecified atom stereocenters. The maximum Gasteiger partial charge on any atom is 0.141 e. The highest BCUT2D eigenvalue weighted by Gasteiger charge is 2.44. The van der Waals surface area contributed by atoms with Gasteiger partial charge in [0.25, 0.3) is 0 Å². The predicted molar refractivity (Wildman–Crippen MR) is 159 cm³/mol. The summed E-state index contributed by atoms with van der Waals surface area (Å²) in [4.78, 5) is 0. The van der Waals surface area contributed by atoms with Gasteiger partial charge in [0.2, 0.25) is 0 Å². The van der Waals surface area contributed by atoms with Gasteiger partial charge in [-0.05, 0) is 24.3 Å². The average Bonchev–Trinajstić information content (AvgIpc) is 3.63. The molecule has 14 heteroatoms. The van der Waals surface area contributed by atoms with Crippen LogP contribution in [0.25, 0.3) is 33.4 Å². The quantitative estimate of drug-likeness (QED) is 0.223. The van der Waals surface area contributed by atoms with E-state index in [0.717, 1.165) is 0 Å². The third kappa shape index (κ3) is 4.32. The van der Waals surface area contributed by atoms with Gasteiger partial charge in [0, 0.05) is 55.7 Å². The Morgan fingerprint density at radius 2 is 0.740 bits per heavy atom. The van der Waals surface area contributed by atoms with E-state index in [1.54, 1.807) is 48.6 Å². The van der Waals surface area contributed by atoms with E-state index in [2.05, 4.69) is 0 Å². The molecule has 0 aromatic heterocycles. The zero-order chi connectivity index (χ0) is 36.6. The Labute approximate surface area is 278 Å². The Morgan fingerprint density at radius 3 is 1.00 bits per heavy atom. The molecule has 0 radical (unpaired) electrons. The first-order valence-electron chi connectivity index (χ1n) is 13.3. The first kappa shape index (κ1) is 32.6. The average molecular weight is 652 g/mol. The second-order valence-corrected chi connectivity index (χ2v) is 9.99. The molecule has 0 fully saturated rings. The van der Waals surface area contributed by atoms with Crippen LogP contribution in [0.15, 0.2) is 35.4 Å². The molecule has 10 nitrogen and oxygen atoms in total. The summed E-state index contributed by atoms with van der Waals surface area (Å²) in [5, 5.41) is 100. The van der Waals surface area contributed by atoms with Gasteiger partial charge in [-0.1, -0.05) is 0 Å². The predicted octanol–water partition coefficient (Wildman–Crippen LogP) is 6.23. The molecule has 0 spiro atoms. The number of hydrogen-bond donors (Lipinski definition) is 0. The lowest BCUT2D eigenvalue weighted by molar-refractivity contribution is 0.594. The summed E-state index contributed by atoms with van der Waals surface area (Å²) in [6.45, 7) is 0. The van der Waals surface area contributed by atoms with Gasteiger partial charge in [-0.15, -0.1) is 0 Å². The number of fused-ring (bicyclic) bond motifs is 2. The van der Waals surface area contributed by atoms with Crippen LogP contribution in [0.3, 0.4) is 0 Å². The molecule has 0 atom stereocenters. The Hall–Kier alpha value is -8.76. The Bertz CT molecular complexity index is 2580. The minimum absolute atomic E-state index is 0.475. The van der Waals surface area contributed by atoms with Gasteiger partial charge >= 0.3 is 0 Å². The van der Waals surface area contributed by atoms with Crippen LogP contribution < -0.4 is 0 Å². The smallest absolute Gasteiger partial charge is 0.141 e. The highest BCUT2D eigenvalue weighted by atomic mass is 19.1. The van der Waals surface area contributed by atoms with Crippen LogP contribution in [0.5, 0.6) is 0 Å². The highest BCUT2D eigenvalue weighted by molar-refractivity contribution is 6.32. The fourth-order valence-corrected chi connectivity index (χ4v) is 5.91. The van der Waals surface area contributed by atoms with E-state index in [1.807, 2.05) is 0 Å². The molecule has 5 rings (SSSR count). The molecule has 2 aliphatic rings. The van der Waals surface area contributed by atoms with E-state index >= 15 is 8.78 Å². The number of nitrogens with zero attached hydrogens (tertiary/aromatic N) is 10. The molecule has 2 aliphatic carbocycles. The number of halogens is 4. The number of rotatable bonds is 2. The third-order valence-corrected chi connectivity index (χ3v) is 7.79. The summed E-state index contributed by atoms with van der Waals surface area (Å²) in [5.74, 6) is -5.19. The number of allylic oxidation sites excluding steroid dienone is 8. The number of hydrogen-bond acceptors (Lipinski definition) is 10. The highest BCUT2D eigenvalue weighted by Crippen LogP contribution is 2.58. The van der Waals surface area contributed by atoms with Crippen LogP contribution in [0.4, 0.5) is 17.6 Å². The molecule has 0 aliphatic heterocycles. The van der Waals surface area contributed by atoms with Gasteiger partial charge in [-0.2, -0.15) is 52.6 Å². The van der Waals surface area contributed by atoms with Crippen molar-refractivity contribution in [2.24, 2.45) is 0 Å². The van der Waals surface area contributed by atoms with E-state index in [-0.39, 0.29) is 0 Å². The Morgan fingerprint density at radius 1 is 0.400 bits per heavy atom. The second-order valence-electron chi connectivity index (χ2n) is 9.99. The van der Waals surface area contributed by atoms with E-state index in [0.29, 0.717) is 24.3 Å². The van der Waals surface area contributed by atoms with Crippen molar-refractivity contribution in [2.75, 3.05) is 0 Å². The first-order valence-corrected chi connectivity index (χ1v) is 13.3. The molecular weight excluding hydrogens is 648 g/mol. The molecule has 3 aromatic rings. The molecule has 0 N–H and O–H groups in total. The van der Waals surface area contributed by atoms with Crippen molar-refractivity contribution in [1.29, 1.82) is 52.6 Å². The van der Waals surface area contributed by atoms with Crippen LogP contribution in [-0.4, -0.2) is 0 Å². The van der Waals surface area contributed by atoms with Gasteiger partial charge in [0.1, 0.15) is 95.1 Å². The van der Waals surface area contributed by atoms with Crippen molar-refractivity contribution < 1.29 is 17.6 Å². The standard InChI is InChI=1S/C36H4F4N10/c37-25-3-19(27(39)1-15(25)5-41)31-21(11-47)33-23(13-49)36-30(18(9-45)10-46)32(20-4-26(38)16(6-42)2-28(20)40)22(12-48)34(36)24(14-50)35(33)29(31)17(7-43)8-44/h1-4H. The molecule has 0 heterocycles. The van der Waals surface area contributed by atoms with Gasteiger partial charge < -0.3 is 0 Å². The van der Waals surface area contributed by atoms with Crippen molar-refractivity contribution in [3.8, 4) is 60.7 Å². The molecule has 226 valence electrons. The SMILES string of the molecule is N#CC(C#N)=C1C(c2cc(F)c(C#N)cc2F)=C(C#N)c2c(C#N)c3c(c(C#N)c21)C(C#N)=C(c1cc(F)c(C#N)cc1F)C3=C(C#N)C#N. The maximum atomic E-state index is 15.6. The summed E-state index contributed by atoms with van der Waals surface area (Å²) >= 11 is 0. The molecular formula is C36H4F4N10. The summed E-state index contributed by atoms with van der Waals surface area (Å²) in [7, 11) is 0. The molecule has 3 aromatic carbocycles. The summed E-state index contributed by atoms with van der Waals surface area (Å²) in [6.07, 6.45) is 0.